The number of rotatable bonds is 7. The van der Waals surface area contributed by atoms with Gasteiger partial charge in [0.05, 0.1) is 32.8 Å². The van der Waals surface area contributed by atoms with E-state index >= 15 is 0 Å². The first kappa shape index (κ1) is 24.2. The van der Waals surface area contributed by atoms with Crippen LogP contribution in [0.25, 0.3) is 10.8 Å². The van der Waals surface area contributed by atoms with Gasteiger partial charge in [-0.2, -0.15) is 0 Å². The minimum absolute atomic E-state index is 0. The average Bonchev–Trinajstić information content (AvgIpc) is 2.81. The fraction of sp³-hybridized carbons (Fsp3) is 0.370. The highest BCUT2D eigenvalue weighted by molar-refractivity contribution is 6.06. The standard InChI is InChI=1S/C27H32N2O2.ClH/c1-3-16-29(2,26-14-17-31-18-15-26)20-21-8-12-25(13-9-21)28-27(30)24-11-10-22-6-4-5-7-23(22)19-24;/h4-13,19,26H,3,14-18,20H2,1-2H3;1H. The van der Waals surface area contributed by atoms with Crippen LogP contribution in [0, 0.1) is 0 Å². The summed E-state index contributed by atoms with van der Waals surface area (Å²) in [5.74, 6) is -0.0766. The van der Waals surface area contributed by atoms with Crippen molar-refractivity contribution in [3.05, 3.63) is 77.9 Å². The maximum absolute atomic E-state index is 12.7. The van der Waals surface area contributed by atoms with Gasteiger partial charge in [-0.3, -0.25) is 4.79 Å². The SMILES string of the molecule is CCC[N+](C)(Cc1ccc(NC(=O)c2ccc3ccccc3c2)cc1)C1CCOCC1.[Cl-]. The van der Waals surface area contributed by atoms with Gasteiger partial charge >= 0.3 is 0 Å². The van der Waals surface area contributed by atoms with E-state index in [0.29, 0.717) is 11.6 Å². The number of carbonyl (C=O) groups excluding carboxylic acids is 1. The Morgan fingerprint density at radius 2 is 1.69 bits per heavy atom. The molecule has 1 saturated heterocycles. The molecule has 0 aliphatic carbocycles. The molecule has 0 aromatic heterocycles. The van der Waals surface area contributed by atoms with Crippen molar-refractivity contribution in [2.24, 2.45) is 0 Å². The molecule has 1 N–H and O–H groups in total. The fourth-order valence-electron chi connectivity index (χ4n) is 4.85. The number of quaternary nitrogens is 1. The predicted octanol–water partition coefficient (Wildman–Crippen LogP) is 2.63. The summed E-state index contributed by atoms with van der Waals surface area (Å²) in [4.78, 5) is 12.7. The third-order valence-electron chi connectivity index (χ3n) is 6.57. The van der Waals surface area contributed by atoms with Crippen LogP contribution in [-0.2, 0) is 11.3 Å². The molecule has 5 heteroatoms. The molecule has 1 fully saturated rings. The summed E-state index contributed by atoms with van der Waals surface area (Å²) in [5.41, 5.74) is 2.82. The van der Waals surface area contributed by atoms with Gasteiger partial charge < -0.3 is 26.9 Å². The first-order valence-corrected chi connectivity index (χ1v) is 11.4. The molecule has 4 rings (SSSR count). The first-order chi connectivity index (χ1) is 15.1. The Kier molecular flexibility index (Phi) is 8.30. The van der Waals surface area contributed by atoms with Crippen LogP contribution in [-0.4, -0.2) is 43.2 Å². The van der Waals surface area contributed by atoms with Gasteiger partial charge in [0.1, 0.15) is 6.54 Å². The number of hydrogen-bond acceptors (Lipinski definition) is 2. The van der Waals surface area contributed by atoms with E-state index in [-0.39, 0.29) is 18.3 Å². The molecular weight excluding hydrogens is 420 g/mol. The van der Waals surface area contributed by atoms with Gasteiger partial charge in [-0.1, -0.05) is 49.4 Å². The number of nitrogens with zero attached hydrogens (tertiary/aromatic N) is 1. The molecule has 1 atom stereocenters. The van der Waals surface area contributed by atoms with E-state index in [2.05, 4.69) is 37.5 Å². The minimum Gasteiger partial charge on any atom is -1.00 e. The number of ether oxygens (including phenoxy) is 1. The average molecular weight is 453 g/mol. The molecule has 3 aromatic rings. The molecular formula is C27H33ClN2O2. The van der Waals surface area contributed by atoms with Crippen LogP contribution in [0.15, 0.2) is 66.7 Å². The van der Waals surface area contributed by atoms with Crippen molar-refractivity contribution in [2.45, 2.75) is 38.8 Å². The number of nitrogens with one attached hydrogen (secondary N) is 1. The topological polar surface area (TPSA) is 38.3 Å². The summed E-state index contributed by atoms with van der Waals surface area (Å²) in [5, 5.41) is 5.26. The number of fused-ring (bicyclic) bond motifs is 1. The molecule has 170 valence electrons. The van der Waals surface area contributed by atoms with Gasteiger partial charge in [0, 0.05) is 29.7 Å². The Labute approximate surface area is 197 Å². The highest BCUT2D eigenvalue weighted by Gasteiger charge is 2.33. The summed E-state index contributed by atoms with van der Waals surface area (Å²) in [6, 6.07) is 22.9. The van der Waals surface area contributed by atoms with Crippen molar-refractivity contribution in [1.82, 2.24) is 0 Å². The van der Waals surface area contributed by atoms with Crippen LogP contribution in [0.4, 0.5) is 5.69 Å². The van der Waals surface area contributed by atoms with E-state index in [4.69, 9.17) is 4.74 Å². The normalized spacial score (nSPS) is 16.2. The number of amides is 1. The molecule has 0 bridgehead atoms. The lowest BCUT2D eigenvalue weighted by Crippen LogP contribution is -3.00. The lowest BCUT2D eigenvalue weighted by Gasteiger charge is -2.43. The second-order valence-electron chi connectivity index (χ2n) is 8.92. The zero-order valence-electron chi connectivity index (χ0n) is 19.0. The molecule has 32 heavy (non-hydrogen) atoms. The van der Waals surface area contributed by atoms with Crippen molar-refractivity contribution in [3.8, 4) is 0 Å². The Hall–Kier alpha value is -2.40. The van der Waals surface area contributed by atoms with Crippen molar-refractivity contribution in [2.75, 3.05) is 32.1 Å². The van der Waals surface area contributed by atoms with Crippen LogP contribution in [0.3, 0.4) is 0 Å². The highest BCUT2D eigenvalue weighted by Crippen LogP contribution is 2.26. The summed E-state index contributed by atoms with van der Waals surface area (Å²) in [7, 11) is 2.38. The summed E-state index contributed by atoms with van der Waals surface area (Å²) < 4.78 is 6.64. The summed E-state index contributed by atoms with van der Waals surface area (Å²) in [6.07, 6.45) is 3.44. The number of benzene rings is 3. The number of carbonyl (C=O) groups is 1. The molecule has 4 nitrogen and oxygen atoms in total. The van der Waals surface area contributed by atoms with Gasteiger partial charge in [0.25, 0.3) is 5.91 Å². The maximum Gasteiger partial charge on any atom is 0.255 e. The Morgan fingerprint density at radius 3 is 2.38 bits per heavy atom. The lowest BCUT2D eigenvalue weighted by molar-refractivity contribution is -0.947. The number of halogens is 1. The molecule has 3 aromatic carbocycles. The third-order valence-corrected chi connectivity index (χ3v) is 6.57. The minimum atomic E-state index is -0.0766. The van der Waals surface area contributed by atoms with Crippen LogP contribution in [0.5, 0.6) is 0 Å². The summed E-state index contributed by atoms with van der Waals surface area (Å²) in [6.45, 7) is 6.20. The van der Waals surface area contributed by atoms with Gasteiger partial charge in [-0.25, -0.2) is 0 Å². The highest BCUT2D eigenvalue weighted by atomic mass is 35.5. The molecule has 0 spiro atoms. The Morgan fingerprint density at radius 1 is 1.00 bits per heavy atom. The van der Waals surface area contributed by atoms with Crippen LogP contribution >= 0.6 is 0 Å². The molecule has 0 radical (unpaired) electrons. The third kappa shape index (κ3) is 5.69. The fourth-order valence-corrected chi connectivity index (χ4v) is 4.85. The van der Waals surface area contributed by atoms with E-state index in [1.54, 1.807) is 0 Å². The van der Waals surface area contributed by atoms with E-state index in [0.717, 1.165) is 53.5 Å². The molecule has 1 aliphatic heterocycles. The van der Waals surface area contributed by atoms with Crippen molar-refractivity contribution < 1.29 is 26.4 Å². The largest absolute Gasteiger partial charge is 1.00 e. The molecule has 1 aliphatic rings. The quantitative estimate of drug-likeness (QED) is 0.560. The van der Waals surface area contributed by atoms with Crippen LogP contribution < -0.4 is 17.7 Å². The zero-order valence-corrected chi connectivity index (χ0v) is 19.8. The zero-order chi connectivity index (χ0) is 21.7. The Bertz CT molecular complexity index is 1030. The van der Waals surface area contributed by atoms with E-state index in [1.807, 2.05) is 48.5 Å². The molecule has 1 unspecified atom stereocenters. The van der Waals surface area contributed by atoms with Gasteiger partial charge in [0.2, 0.25) is 0 Å². The van der Waals surface area contributed by atoms with Crippen molar-refractivity contribution in [3.63, 3.8) is 0 Å². The second kappa shape index (κ2) is 11.0. The van der Waals surface area contributed by atoms with Crippen molar-refractivity contribution in [1.29, 1.82) is 0 Å². The van der Waals surface area contributed by atoms with Crippen LogP contribution in [0.2, 0.25) is 0 Å². The predicted molar refractivity (Wildman–Crippen MR) is 127 cm³/mol. The molecule has 0 saturated carbocycles. The van der Waals surface area contributed by atoms with E-state index < -0.39 is 0 Å². The van der Waals surface area contributed by atoms with E-state index in [1.165, 1.54) is 18.5 Å². The second-order valence-corrected chi connectivity index (χ2v) is 8.92. The van der Waals surface area contributed by atoms with E-state index in [9.17, 15) is 4.79 Å². The Balaban J connectivity index is 0.00000289. The maximum atomic E-state index is 12.7. The number of anilines is 1. The van der Waals surface area contributed by atoms with Gasteiger partial charge in [-0.05, 0) is 41.5 Å². The lowest BCUT2D eigenvalue weighted by atomic mass is 10.0. The van der Waals surface area contributed by atoms with Gasteiger partial charge in [-0.15, -0.1) is 0 Å². The number of hydrogen-bond donors (Lipinski definition) is 1. The summed E-state index contributed by atoms with van der Waals surface area (Å²) >= 11 is 0. The monoisotopic (exact) mass is 452 g/mol. The van der Waals surface area contributed by atoms with Crippen LogP contribution in [0.1, 0.15) is 42.1 Å². The first-order valence-electron chi connectivity index (χ1n) is 11.4. The van der Waals surface area contributed by atoms with Crippen molar-refractivity contribution >= 4 is 22.4 Å². The molecule has 1 heterocycles. The molecule has 1 amide bonds. The smallest absolute Gasteiger partial charge is 0.255 e. The van der Waals surface area contributed by atoms with Gasteiger partial charge in [0.15, 0.2) is 0 Å².